The molecule has 2 nitrogen and oxygen atoms in total. The smallest absolute Gasteiger partial charge is 0.278 e. The van der Waals surface area contributed by atoms with E-state index in [1.54, 1.807) is 13.8 Å². The molecule has 0 spiro atoms. The van der Waals surface area contributed by atoms with E-state index < -0.39 is 11.7 Å². The minimum Gasteiger partial charge on any atom is -0.278 e. The van der Waals surface area contributed by atoms with Gasteiger partial charge in [0.05, 0.1) is 17.3 Å². The van der Waals surface area contributed by atoms with Gasteiger partial charge in [0.15, 0.2) is 0 Å². The SMILES string of the molecule is Cc1cc2[nH]ncc2c(C(C)C)c1C(F)(F)F. The fourth-order valence-electron chi connectivity index (χ4n) is 2.23. The second-order valence-electron chi connectivity index (χ2n) is 4.47. The molecule has 1 aromatic carbocycles. The number of alkyl halides is 3. The molecule has 0 amide bonds. The zero-order chi connectivity index (χ0) is 12.8. The van der Waals surface area contributed by atoms with E-state index in [-0.39, 0.29) is 11.5 Å². The summed E-state index contributed by atoms with van der Waals surface area (Å²) in [6.07, 6.45) is -2.87. The molecule has 0 aliphatic heterocycles. The molecule has 1 aromatic heterocycles. The van der Waals surface area contributed by atoms with Crippen LogP contribution in [0.5, 0.6) is 0 Å². The summed E-state index contributed by atoms with van der Waals surface area (Å²) in [5.74, 6) is -0.202. The molecule has 5 heteroatoms. The van der Waals surface area contributed by atoms with Crippen molar-refractivity contribution in [1.82, 2.24) is 10.2 Å². The van der Waals surface area contributed by atoms with Gasteiger partial charge >= 0.3 is 6.18 Å². The minimum atomic E-state index is -4.32. The van der Waals surface area contributed by atoms with E-state index in [0.29, 0.717) is 16.5 Å². The van der Waals surface area contributed by atoms with Gasteiger partial charge in [0.1, 0.15) is 0 Å². The van der Waals surface area contributed by atoms with Crippen molar-refractivity contribution in [1.29, 1.82) is 0 Å². The van der Waals surface area contributed by atoms with Gasteiger partial charge in [-0.05, 0) is 30.0 Å². The van der Waals surface area contributed by atoms with Crippen LogP contribution in [0.25, 0.3) is 10.9 Å². The van der Waals surface area contributed by atoms with Gasteiger partial charge in [-0.15, -0.1) is 0 Å². The lowest BCUT2D eigenvalue weighted by atomic mass is 9.90. The molecule has 92 valence electrons. The first-order chi connectivity index (χ1) is 7.82. The fraction of sp³-hybridized carbons (Fsp3) is 0.417. The molecule has 2 aromatic rings. The topological polar surface area (TPSA) is 28.7 Å². The molecule has 1 heterocycles. The van der Waals surface area contributed by atoms with Crippen molar-refractivity contribution < 1.29 is 13.2 Å². The predicted octanol–water partition coefficient (Wildman–Crippen LogP) is 4.01. The first-order valence-corrected chi connectivity index (χ1v) is 5.36. The molecule has 2 rings (SSSR count). The molecule has 0 bridgehead atoms. The number of aromatic nitrogens is 2. The molecule has 0 unspecified atom stereocenters. The molecule has 0 atom stereocenters. The summed E-state index contributed by atoms with van der Waals surface area (Å²) in [5, 5.41) is 7.09. The second-order valence-corrected chi connectivity index (χ2v) is 4.47. The van der Waals surface area contributed by atoms with E-state index in [2.05, 4.69) is 10.2 Å². The van der Waals surface area contributed by atoms with Crippen LogP contribution in [-0.4, -0.2) is 10.2 Å². The van der Waals surface area contributed by atoms with Crippen molar-refractivity contribution >= 4 is 10.9 Å². The Hall–Kier alpha value is -1.52. The van der Waals surface area contributed by atoms with Crippen LogP contribution in [0.4, 0.5) is 13.2 Å². The van der Waals surface area contributed by atoms with Crippen LogP contribution in [0, 0.1) is 6.92 Å². The zero-order valence-corrected chi connectivity index (χ0v) is 9.81. The number of hydrogen-bond acceptors (Lipinski definition) is 1. The monoisotopic (exact) mass is 242 g/mol. The molecule has 0 fully saturated rings. The van der Waals surface area contributed by atoms with Crippen molar-refractivity contribution in [3.05, 3.63) is 29.0 Å². The Morgan fingerprint density at radius 1 is 1.29 bits per heavy atom. The number of nitrogens with one attached hydrogen (secondary N) is 1. The van der Waals surface area contributed by atoms with E-state index in [1.165, 1.54) is 19.2 Å². The molecule has 0 radical (unpaired) electrons. The third-order valence-corrected chi connectivity index (χ3v) is 2.84. The summed E-state index contributed by atoms with van der Waals surface area (Å²) in [4.78, 5) is 0. The van der Waals surface area contributed by atoms with Crippen LogP contribution in [0.1, 0.15) is 36.5 Å². The Labute approximate surface area is 96.8 Å². The Morgan fingerprint density at radius 3 is 2.47 bits per heavy atom. The normalized spacial score (nSPS) is 12.6. The third kappa shape index (κ3) is 1.90. The van der Waals surface area contributed by atoms with Gasteiger partial charge in [0.2, 0.25) is 0 Å². The zero-order valence-electron chi connectivity index (χ0n) is 9.81. The van der Waals surface area contributed by atoms with Crippen LogP contribution in [0.2, 0.25) is 0 Å². The number of fused-ring (bicyclic) bond motifs is 1. The molecule has 0 aliphatic carbocycles. The Kier molecular flexibility index (Phi) is 2.64. The highest BCUT2D eigenvalue weighted by molar-refractivity contribution is 5.84. The third-order valence-electron chi connectivity index (χ3n) is 2.84. The highest BCUT2D eigenvalue weighted by atomic mass is 19.4. The Bertz CT molecular complexity index is 553. The van der Waals surface area contributed by atoms with E-state index >= 15 is 0 Å². The molecular formula is C12H13F3N2. The number of hydrogen-bond donors (Lipinski definition) is 1. The summed E-state index contributed by atoms with van der Waals surface area (Å²) in [5.41, 5.74) is 0.680. The molecular weight excluding hydrogens is 229 g/mol. The van der Waals surface area contributed by atoms with Gasteiger partial charge in [-0.2, -0.15) is 18.3 Å². The molecule has 0 aliphatic rings. The van der Waals surface area contributed by atoms with Crippen molar-refractivity contribution in [2.24, 2.45) is 0 Å². The van der Waals surface area contributed by atoms with Gasteiger partial charge < -0.3 is 0 Å². The van der Waals surface area contributed by atoms with Gasteiger partial charge in [-0.3, -0.25) is 5.10 Å². The van der Waals surface area contributed by atoms with Crippen LogP contribution in [0.15, 0.2) is 12.3 Å². The first kappa shape index (κ1) is 12.0. The number of benzene rings is 1. The van der Waals surface area contributed by atoms with E-state index in [9.17, 15) is 13.2 Å². The maximum absolute atomic E-state index is 13.1. The second kappa shape index (κ2) is 3.75. The maximum Gasteiger partial charge on any atom is 0.416 e. The van der Waals surface area contributed by atoms with Crippen LogP contribution in [-0.2, 0) is 6.18 Å². The Balaban J connectivity index is 2.89. The van der Waals surface area contributed by atoms with Crippen molar-refractivity contribution in [2.75, 3.05) is 0 Å². The summed E-state index contributed by atoms with van der Waals surface area (Å²) in [6, 6.07) is 1.50. The fourth-order valence-corrected chi connectivity index (χ4v) is 2.23. The molecule has 0 saturated heterocycles. The van der Waals surface area contributed by atoms with E-state index in [4.69, 9.17) is 0 Å². The number of halogens is 3. The highest BCUT2D eigenvalue weighted by Crippen LogP contribution is 2.40. The summed E-state index contributed by atoms with van der Waals surface area (Å²) < 4.78 is 39.2. The number of aryl methyl sites for hydroxylation is 1. The summed E-state index contributed by atoms with van der Waals surface area (Å²) >= 11 is 0. The van der Waals surface area contributed by atoms with Gasteiger partial charge in [-0.1, -0.05) is 13.8 Å². The minimum absolute atomic E-state index is 0.202. The lowest BCUT2D eigenvalue weighted by molar-refractivity contribution is -0.138. The maximum atomic E-state index is 13.1. The van der Waals surface area contributed by atoms with Gasteiger partial charge in [-0.25, -0.2) is 0 Å². The number of aromatic amines is 1. The van der Waals surface area contributed by atoms with Gasteiger partial charge in [0.25, 0.3) is 0 Å². The highest BCUT2D eigenvalue weighted by Gasteiger charge is 2.36. The van der Waals surface area contributed by atoms with Crippen LogP contribution >= 0.6 is 0 Å². The van der Waals surface area contributed by atoms with Crippen LogP contribution in [0.3, 0.4) is 0 Å². The van der Waals surface area contributed by atoms with Crippen molar-refractivity contribution in [2.45, 2.75) is 32.9 Å². The first-order valence-electron chi connectivity index (χ1n) is 5.36. The number of nitrogens with zero attached hydrogens (tertiary/aromatic N) is 1. The number of rotatable bonds is 1. The average Bonchev–Trinajstić information content (AvgIpc) is 2.60. The largest absolute Gasteiger partial charge is 0.416 e. The predicted molar refractivity (Wildman–Crippen MR) is 59.9 cm³/mol. The average molecular weight is 242 g/mol. The summed E-state index contributed by atoms with van der Waals surface area (Å²) in [7, 11) is 0. The Morgan fingerprint density at radius 2 is 1.94 bits per heavy atom. The quantitative estimate of drug-likeness (QED) is 0.804. The lowest BCUT2D eigenvalue weighted by Crippen LogP contribution is -2.13. The van der Waals surface area contributed by atoms with E-state index in [1.807, 2.05) is 0 Å². The van der Waals surface area contributed by atoms with E-state index in [0.717, 1.165) is 0 Å². The summed E-state index contributed by atoms with van der Waals surface area (Å²) in [6.45, 7) is 5.00. The van der Waals surface area contributed by atoms with Crippen LogP contribution < -0.4 is 0 Å². The standard InChI is InChI=1S/C12H13F3N2/c1-6(2)10-8-5-16-17-9(8)4-7(3)11(10)12(13,14)15/h4-6H,1-3H3,(H,16,17). The lowest BCUT2D eigenvalue weighted by Gasteiger charge is -2.19. The molecule has 17 heavy (non-hydrogen) atoms. The van der Waals surface area contributed by atoms with Gasteiger partial charge in [0, 0.05) is 5.39 Å². The van der Waals surface area contributed by atoms with Crippen molar-refractivity contribution in [3.8, 4) is 0 Å². The number of H-pyrrole nitrogens is 1. The van der Waals surface area contributed by atoms with Crippen molar-refractivity contribution in [3.63, 3.8) is 0 Å². The molecule has 1 N–H and O–H groups in total. The molecule has 0 saturated carbocycles.